The minimum absolute atomic E-state index is 0.111. The van der Waals surface area contributed by atoms with E-state index in [1.807, 2.05) is 79.7 Å². The lowest BCUT2D eigenvalue weighted by molar-refractivity contribution is -0.121. The monoisotopic (exact) mass is 533 g/mol. The van der Waals surface area contributed by atoms with E-state index in [1.165, 1.54) is 0 Å². The van der Waals surface area contributed by atoms with Crippen LogP contribution >= 0.6 is 0 Å². The van der Waals surface area contributed by atoms with Gasteiger partial charge in [-0.15, -0.1) is 0 Å². The predicted octanol–water partition coefficient (Wildman–Crippen LogP) is 6.89. The first-order valence-corrected chi connectivity index (χ1v) is 15.3. The molecule has 2 aliphatic carbocycles. The van der Waals surface area contributed by atoms with Gasteiger partial charge in [-0.2, -0.15) is 0 Å². The maximum atomic E-state index is 14.3. The number of hydrogen-bond acceptors (Lipinski definition) is 3. The lowest BCUT2D eigenvalue weighted by atomic mass is 9.58. The van der Waals surface area contributed by atoms with Gasteiger partial charge in [0.25, 0.3) is 0 Å². The molecule has 7 rings (SSSR count). The number of amides is 1. The lowest BCUT2D eigenvalue weighted by Gasteiger charge is -2.45. The Morgan fingerprint density at radius 1 is 0.744 bits per heavy atom. The number of anilines is 1. The van der Waals surface area contributed by atoms with Crippen molar-refractivity contribution >= 4 is 21.4 Å². The quantitative estimate of drug-likeness (QED) is 0.287. The Bertz CT molecular complexity index is 1650. The van der Waals surface area contributed by atoms with Crippen LogP contribution in [0.4, 0.5) is 5.69 Å². The van der Waals surface area contributed by atoms with Gasteiger partial charge in [0.05, 0.1) is 15.7 Å². The fourth-order valence-electron chi connectivity index (χ4n) is 7.53. The normalized spacial score (nSPS) is 25.7. The molecule has 1 amide bonds. The Balaban J connectivity index is 1.41. The average Bonchev–Trinajstić information content (AvgIpc) is 3.26. The molecule has 4 nitrogen and oxygen atoms in total. The van der Waals surface area contributed by atoms with E-state index >= 15 is 0 Å². The van der Waals surface area contributed by atoms with Crippen LogP contribution in [-0.2, 0) is 14.6 Å². The smallest absolute Gasteiger partial charge is 0.231 e. The summed E-state index contributed by atoms with van der Waals surface area (Å²) in [4.78, 5) is 17.1. The maximum Gasteiger partial charge on any atom is 0.231 e. The van der Waals surface area contributed by atoms with Crippen LogP contribution in [0.1, 0.15) is 53.4 Å². The van der Waals surface area contributed by atoms with Gasteiger partial charge in [-0.3, -0.25) is 4.79 Å². The van der Waals surface area contributed by atoms with Gasteiger partial charge in [0, 0.05) is 17.6 Å². The van der Waals surface area contributed by atoms with E-state index in [0.29, 0.717) is 9.79 Å². The number of para-hydroxylation sites is 1. The Morgan fingerprint density at radius 2 is 1.41 bits per heavy atom. The summed E-state index contributed by atoms with van der Waals surface area (Å²) >= 11 is 0. The lowest BCUT2D eigenvalue weighted by Crippen LogP contribution is -2.41. The molecule has 4 aromatic rings. The zero-order valence-corrected chi connectivity index (χ0v) is 22.7. The minimum atomic E-state index is -3.66. The van der Waals surface area contributed by atoms with E-state index in [9.17, 15) is 13.2 Å². The molecule has 1 aliphatic heterocycles. The highest BCUT2D eigenvalue weighted by molar-refractivity contribution is 7.91. The third kappa shape index (κ3) is 3.78. The summed E-state index contributed by atoms with van der Waals surface area (Å²) in [6.45, 7) is 1.95. The van der Waals surface area contributed by atoms with E-state index in [-0.39, 0.29) is 35.6 Å². The van der Waals surface area contributed by atoms with Crippen molar-refractivity contribution in [1.82, 2.24) is 0 Å². The predicted molar refractivity (Wildman–Crippen MR) is 153 cm³/mol. The standard InChI is InChI=1S/C34H31NO3S/c1-22-15-17-25(18-16-22)39(37,38)26-19-20-28-29(21-26)27-13-8-14-30-32(27)33(31(28)23-9-4-2-5-10-23)34(36)35(30)24-11-6-3-7-12-24/h2-7,9-12,15-21,27,30-33H,8,13-14H2,1H3/t27-,30?,31+,32?,33?/m1/s1. The van der Waals surface area contributed by atoms with Crippen molar-refractivity contribution in [3.63, 3.8) is 0 Å². The second-order valence-electron chi connectivity index (χ2n) is 11.2. The molecular weight excluding hydrogens is 502 g/mol. The molecule has 3 aliphatic rings. The molecular formula is C34H31NO3S. The fourth-order valence-corrected chi connectivity index (χ4v) is 8.83. The number of rotatable bonds is 4. The van der Waals surface area contributed by atoms with Crippen molar-refractivity contribution in [2.24, 2.45) is 11.8 Å². The zero-order valence-electron chi connectivity index (χ0n) is 21.9. The molecule has 196 valence electrons. The van der Waals surface area contributed by atoms with Crippen LogP contribution in [0.25, 0.3) is 0 Å². The molecule has 4 aromatic carbocycles. The summed E-state index contributed by atoms with van der Waals surface area (Å²) in [5.74, 6) is 0.199. The molecule has 0 radical (unpaired) electrons. The Morgan fingerprint density at radius 3 is 2.13 bits per heavy atom. The third-order valence-electron chi connectivity index (χ3n) is 9.18. The molecule has 39 heavy (non-hydrogen) atoms. The fraction of sp³-hybridized carbons (Fsp3) is 0.265. The van der Waals surface area contributed by atoms with Crippen LogP contribution in [-0.4, -0.2) is 20.4 Å². The molecule has 3 unspecified atom stereocenters. The number of carbonyl (C=O) groups is 1. The number of benzene rings is 4. The summed E-state index contributed by atoms with van der Waals surface area (Å²) in [7, 11) is -3.66. The molecule has 5 heteroatoms. The molecule has 0 aromatic heterocycles. The van der Waals surface area contributed by atoms with Gasteiger partial charge in [-0.25, -0.2) is 8.42 Å². The van der Waals surface area contributed by atoms with Crippen LogP contribution in [0.3, 0.4) is 0 Å². The molecule has 0 N–H and O–H groups in total. The second-order valence-corrected chi connectivity index (χ2v) is 13.2. The Labute approximate surface area is 230 Å². The van der Waals surface area contributed by atoms with Crippen LogP contribution in [0.2, 0.25) is 0 Å². The van der Waals surface area contributed by atoms with E-state index in [4.69, 9.17) is 0 Å². The van der Waals surface area contributed by atoms with Crippen LogP contribution in [0.15, 0.2) is 113 Å². The number of nitrogens with zero attached hydrogens (tertiary/aromatic N) is 1. The van der Waals surface area contributed by atoms with E-state index in [1.54, 1.807) is 18.2 Å². The van der Waals surface area contributed by atoms with Crippen molar-refractivity contribution in [3.8, 4) is 0 Å². The number of hydrogen-bond donors (Lipinski definition) is 0. The maximum absolute atomic E-state index is 14.3. The minimum Gasteiger partial charge on any atom is -0.309 e. The first-order chi connectivity index (χ1) is 18.9. The molecule has 0 spiro atoms. The van der Waals surface area contributed by atoms with Gasteiger partial charge in [0.1, 0.15) is 0 Å². The topological polar surface area (TPSA) is 54.5 Å². The summed E-state index contributed by atoms with van der Waals surface area (Å²) in [6, 6.07) is 33.2. The van der Waals surface area contributed by atoms with Crippen LogP contribution in [0, 0.1) is 18.8 Å². The van der Waals surface area contributed by atoms with Crippen molar-refractivity contribution in [2.45, 2.75) is 53.9 Å². The average molecular weight is 534 g/mol. The zero-order chi connectivity index (χ0) is 26.7. The van der Waals surface area contributed by atoms with Gasteiger partial charge in [-0.1, -0.05) is 78.7 Å². The van der Waals surface area contributed by atoms with Crippen molar-refractivity contribution in [1.29, 1.82) is 0 Å². The highest BCUT2D eigenvalue weighted by Gasteiger charge is 2.58. The number of fused-ring (bicyclic) bond motifs is 2. The summed E-state index contributed by atoms with van der Waals surface area (Å²) in [5, 5.41) is 0. The summed E-state index contributed by atoms with van der Waals surface area (Å²) in [5.41, 5.74) is 5.30. The molecule has 1 saturated heterocycles. The number of aryl methyl sites for hydroxylation is 1. The Kier molecular flexibility index (Phi) is 5.74. The van der Waals surface area contributed by atoms with E-state index in [2.05, 4.69) is 17.0 Å². The molecule has 2 fully saturated rings. The highest BCUT2D eigenvalue weighted by Crippen LogP contribution is 2.59. The van der Waals surface area contributed by atoms with Crippen molar-refractivity contribution in [3.05, 3.63) is 125 Å². The molecule has 1 heterocycles. The largest absolute Gasteiger partial charge is 0.309 e. The number of sulfone groups is 1. The third-order valence-corrected chi connectivity index (χ3v) is 10.9. The van der Waals surface area contributed by atoms with E-state index in [0.717, 1.165) is 47.2 Å². The molecule has 5 atom stereocenters. The number of carbonyl (C=O) groups excluding carboxylic acids is 1. The first kappa shape index (κ1) is 24.3. The van der Waals surface area contributed by atoms with Crippen LogP contribution in [0.5, 0.6) is 0 Å². The SMILES string of the molecule is Cc1ccc(S(=O)(=O)c2ccc3c(c2)[C@H]2CCCC4C2C(C(=O)N4c2ccccc2)[C@H]3c2ccccc2)cc1. The summed E-state index contributed by atoms with van der Waals surface area (Å²) < 4.78 is 27.4. The van der Waals surface area contributed by atoms with E-state index < -0.39 is 9.84 Å². The van der Waals surface area contributed by atoms with Gasteiger partial charge in [0.2, 0.25) is 15.7 Å². The van der Waals surface area contributed by atoms with Crippen LogP contribution < -0.4 is 4.90 Å². The van der Waals surface area contributed by atoms with Gasteiger partial charge in [-0.05, 0) is 84.7 Å². The first-order valence-electron chi connectivity index (χ1n) is 13.8. The van der Waals surface area contributed by atoms with Gasteiger partial charge >= 0.3 is 0 Å². The van der Waals surface area contributed by atoms with Crippen molar-refractivity contribution < 1.29 is 13.2 Å². The highest BCUT2D eigenvalue weighted by atomic mass is 32.2. The molecule has 1 saturated carbocycles. The van der Waals surface area contributed by atoms with Gasteiger partial charge < -0.3 is 4.90 Å². The molecule has 0 bridgehead atoms. The second kappa shape index (κ2) is 9.20. The van der Waals surface area contributed by atoms with Crippen molar-refractivity contribution in [2.75, 3.05) is 4.90 Å². The Hall–Kier alpha value is -3.70. The van der Waals surface area contributed by atoms with Gasteiger partial charge in [0.15, 0.2) is 0 Å². The summed E-state index contributed by atoms with van der Waals surface area (Å²) in [6.07, 6.45) is 2.95.